The maximum absolute atomic E-state index is 12.1. The van der Waals surface area contributed by atoms with Crippen molar-refractivity contribution in [1.29, 1.82) is 0 Å². The molecule has 94 valence electrons. The van der Waals surface area contributed by atoms with Crippen LogP contribution in [-0.4, -0.2) is 34.9 Å². The molecule has 0 fully saturated rings. The van der Waals surface area contributed by atoms with E-state index in [-0.39, 0.29) is 18.3 Å². The molecule has 6 heteroatoms. The first-order valence-corrected chi connectivity index (χ1v) is 5.39. The van der Waals surface area contributed by atoms with Crippen molar-refractivity contribution in [1.82, 2.24) is 4.90 Å². The topological polar surface area (TPSA) is 92.1 Å². The van der Waals surface area contributed by atoms with E-state index in [9.17, 15) is 4.79 Å². The van der Waals surface area contributed by atoms with E-state index in [0.717, 1.165) is 6.42 Å². The number of carbonyl (C=O) groups excluding carboxylic acids is 1. The monoisotopic (exact) mass is 239 g/mol. The Hall–Kier alpha value is -1.98. The average molecular weight is 239 g/mol. The summed E-state index contributed by atoms with van der Waals surface area (Å²) in [4.78, 5) is 13.6. The van der Waals surface area contributed by atoms with Crippen molar-refractivity contribution in [2.75, 3.05) is 13.1 Å². The maximum Gasteiger partial charge on any atom is 0.257 e. The molecule has 1 aromatic heterocycles. The summed E-state index contributed by atoms with van der Waals surface area (Å²) in [6.07, 6.45) is 2.20. The van der Waals surface area contributed by atoms with Gasteiger partial charge in [-0.2, -0.15) is 0 Å². The highest BCUT2D eigenvalue weighted by Gasteiger charge is 2.17. The van der Waals surface area contributed by atoms with Crippen molar-refractivity contribution in [3.63, 3.8) is 0 Å². The second-order valence-corrected chi connectivity index (χ2v) is 3.76. The molecule has 0 spiro atoms. The lowest BCUT2D eigenvalue weighted by Gasteiger charge is -2.20. The summed E-state index contributed by atoms with van der Waals surface area (Å²) in [5.74, 6) is 0.496. The Labute approximate surface area is 99.7 Å². The summed E-state index contributed by atoms with van der Waals surface area (Å²) < 4.78 is 5.09. The highest BCUT2D eigenvalue weighted by molar-refractivity contribution is 5.96. The van der Waals surface area contributed by atoms with Crippen LogP contribution in [0.2, 0.25) is 0 Å². The van der Waals surface area contributed by atoms with Gasteiger partial charge in [0, 0.05) is 6.54 Å². The predicted molar refractivity (Wildman–Crippen MR) is 63.0 cm³/mol. The highest BCUT2D eigenvalue weighted by atomic mass is 16.4. The summed E-state index contributed by atoms with van der Waals surface area (Å²) in [5, 5.41) is 11.4. The van der Waals surface area contributed by atoms with Gasteiger partial charge in [-0.1, -0.05) is 12.1 Å². The fraction of sp³-hybridized carbons (Fsp3) is 0.455. The number of rotatable bonds is 5. The van der Waals surface area contributed by atoms with E-state index < -0.39 is 0 Å². The van der Waals surface area contributed by atoms with Gasteiger partial charge in [-0.15, -0.1) is 0 Å². The van der Waals surface area contributed by atoms with Crippen LogP contribution in [0.5, 0.6) is 0 Å². The number of nitrogens with zero attached hydrogens (tertiary/aromatic N) is 2. The molecule has 6 nitrogen and oxygen atoms in total. The minimum absolute atomic E-state index is 0.00650. The molecule has 1 heterocycles. The average Bonchev–Trinajstić information content (AvgIpc) is 2.74. The van der Waals surface area contributed by atoms with Gasteiger partial charge in [0.25, 0.3) is 5.91 Å². The second-order valence-electron chi connectivity index (χ2n) is 3.76. The molecule has 0 bridgehead atoms. The third-order valence-electron chi connectivity index (χ3n) is 2.24. The molecule has 1 rings (SSSR count). The van der Waals surface area contributed by atoms with Gasteiger partial charge in [-0.25, -0.2) is 0 Å². The van der Waals surface area contributed by atoms with Gasteiger partial charge in [0.15, 0.2) is 5.84 Å². The number of hydrogen-bond acceptors (Lipinski definition) is 4. The lowest BCUT2D eigenvalue weighted by Crippen LogP contribution is -2.38. The van der Waals surface area contributed by atoms with Crippen molar-refractivity contribution in [2.24, 2.45) is 10.9 Å². The van der Waals surface area contributed by atoms with Crippen molar-refractivity contribution < 1.29 is 14.4 Å². The van der Waals surface area contributed by atoms with E-state index in [0.29, 0.717) is 17.9 Å². The van der Waals surface area contributed by atoms with Crippen LogP contribution in [0.3, 0.4) is 0 Å². The number of aryl methyl sites for hydroxylation is 1. The molecule has 1 amide bonds. The van der Waals surface area contributed by atoms with Gasteiger partial charge in [-0.05, 0) is 19.4 Å². The van der Waals surface area contributed by atoms with Crippen molar-refractivity contribution in [3.05, 3.63) is 23.7 Å². The van der Waals surface area contributed by atoms with Gasteiger partial charge in [0.2, 0.25) is 0 Å². The Bertz CT molecular complexity index is 412. The zero-order chi connectivity index (χ0) is 12.8. The fourth-order valence-electron chi connectivity index (χ4n) is 1.49. The molecule has 0 saturated heterocycles. The van der Waals surface area contributed by atoms with Crippen molar-refractivity contribution in [3.8, 4) is 0 Å². The number of oxime groups is 1. The summed E-state index contributed by atoms with van der Waals surface area (Å²) >= 11 is 0. The summed E-state index contributed by atoms with van der Waals surface area (Å²) in [5.41, 5.74) is 5.88. The van der Waals surface area contributed by atoms with Crippen LogP contribution >= 0.6 is 0 Å². The van der Waals surface area contributed by atoms with E-state index in [1.165, 1.54) is 11.2 Å². The van der Waals surface area contributed by atoms with Crippen LogP contribution in [0.25, 0.3) is 0 Å². The standard InChI is InChI=1S/C11H17N3O3/c1-3-4-14(6-10(12)13-16)11(15)9-5-8(2)17-7-9/h5,7,16H,3-4,6H2,1-2H3,(H2,12,13). The zero-order valence-electron chi connectivity index (χ0n) is 10.0. The van der Waals surface area contributed by atoms with Crippen LogP contribution in [0.15, 0.2) is 21.9 Å². The van der Waals surface area contributed by atoms with E-state index in [4.69, 9.17) is 15.4 Å². The van der Waals surface area contributed by atoms with Crippen LogP contribution in [0.1, 0.15) is 29.5 Å². The van der Waals surface area contributed by atoms with Crippen molar-refractivity contribution >= 4 is 11.7 Å². The van der Waals surface area contributed by atoms with Crippen LogP contribution in [0.4, 0.5) is 0 Å². The van der Waals surface area contributed by atoms with E-state index in [1.54, 1.807) is 13.0 Å². The Morgan fingerprint density at radius 3 is 2.82 bits per heavy atom. The molecule has 3 N–H and O–H groups in total. The molecule has 0 aliphatic rings. The highest BCUT2D eigenvalue weighted by Crippen LogP contribution is 2.10. The number of furan rings is 1. The molecular formula is C11H17N3O3. The fourth-order valence-corrected chi connectivity index (χ4v) is 1.49. The number of carbonyl (C=O) groups is 1. The third-order valence-corrected chi connectivity index (χ3v) is 2.24. The van der Waals surface area contributed by atoms with Crippen LogP contribution in [-0.2, 0) is 0 Å². The smallest absolute Gasteiger partial charge is 0.257 e. The quantitative estimate of drug-likeness (QED) is 0.349. The summed E-state index contributed by atoms with van der Waals surface area (Å²) in [7, 11) is 0. The molecule has 0 unspecified atom stereocenters. The second kappa shape index (κ2) is 5.93. The van der Waals surface area contributed by atoms with Gasteiger partial charge in [-0.3, -0.25) is 4.79 Å². The Morgan fingerprint density at radius 1 is 1.65 bits per heavy atom. The Morgan fingerprint density at radius 2 is 2.35 bits per heavy atom. The first-order chi connectivity index (χ1) is 8.08. The SMILES string of the molecule is CCCN(CC(N)=NO)C(=O)c1coc(C)c1. The molecule has 17 heavy (non-hydrogen) atoms. The lowest BCUT2D eigenvalue weighted by atomic mass is 10.2. The van der Waals surface area contributed by atoms with Gasteiger partial charge >= 0.3 is 0 Å². The molecule has 1 aromatic rings. The molecule has 0 aliphatic heterocycles. The molecule has 0 atom stereocenters. The minimum Gasteiger partial charge on any atom is -0.469 e. The third kappa shape index (κ3) is 3.51. The Balaban J connectivity index is 2.80. The van der Waals surface area contributed by atoms with E-state index in [2.05, 4.69) is 5.16 Å². The number of hydrogen-bond donors (Lipinski definition) is 2. The molecule has 0 aliphatic carbocycles. The number of amidine groups is 1. The van der Waals surface area contributed by atoms with E-state index >= 15 is 0 Å². The first-order valence-electron chi connectivity index (χ1n) is 5.39. The van der Waals surface area contributed by atoms with E-state index in [1.807, 2.05) is 6.92 Å². The van der Waals surface area contributed by atoms with Gasteiger partial charge in [0.05, 0.1) is 12.1 Å². The largest absolute Gasteiger partial charge is 0.469 e. The van der Waals surface area contributed by atoms with Gasteiger partial charge in [0.1, 0.15) is 12.0 Å². The number of nitrogens with two attached hydrogens (primary N) is 1. The van der Waals surface area contributed by atoms with Crippen molar-refractivity contribution in [2.45, 2.75) is 20.3 Å². The molecule has 0 saturated carbocycles. The summed E-state index contributed by atoms with van der Waals surface area (Å²) in [6.45, 7) is 4.37. The first kappa shape index (κ1) is 13.1. The normalized spacial score (nSPS) is 11.5. The van der Waals surface area contributed by atoms with Crippen LogP contribution in [0, 0.1) is 6.92 Å². The van der Waals surface area contributed by atoms with Gasteiger partial charge < -0.3 is 20.3 Å². The zero-order valence-corrected chi connectivity index (χ0v) is 10.0. The Kier molecular flexibility index (Phi) is 4.56. The maximum atomic E-state index is 12.1. The number of amides is 1. The summed E-state index contributed by atoms with van der Waals surface area (Å²) in [6, 6.07) is 1.66. The molecule has 0 radical (unpaired) electrons. The molecule has 0 aromatic carbocycles. The lowest BCUT2D eigenvalue weighted by molar-refractivity contribution is 0.0777. The minimum atomic E-state index is -0.185. The molecular weight excluding hydrogens is 222 g/mol. The predicted octanol–water partition coefficient (Wildman–Crippen LogP) is 1.19. The van der Waals surface area contributed by atoms with Crippen LogP contribution < -0.4 is 5.73 Å².